The molecular weight excluding hydrogens is 489 g/mol. The quantitative estimate of drug-likeness (QED) is 0.435. The van der Waals surface area contributed by atoms with Crippen LogP contribution >= 0.6 is 24.8 Å². The van der Waals surface area contributed by atoms with Crippen molar-refractivity contribution < 1.29 is 19.1 Å². The van der Waals surface area contributed by atoms with Crippen molar-refractivity contribution in [3.63, 3.8) is 0 Å². The number of amides is 1. The van der Waals surface area contributed by atoms with Crippen LogP contribution in [0.2, 0.25) is 0 Å². The molecule has 1 aliphatic rings. The Morgan fingerprint density at radius 3 is 2.40 bits per heavy atom. The highest BCUT2D eigenvalue weighted by Gasteiger charge is 2.23. The Balaban J connectivity index is 0.00000216. The van der Waals surface area contributed by atoms with Crippen LogP contribution < -0.4 is 4.74 Å². The molecule has 0 saturated carbocycles. The first-order chi connectivity index (χ1) is 16.0. The van der Waals surface area contributed by atoms with E-state index in [0.717, 1.165) is 35.2 Å². The van der Waals surface area contributed by atoms with E-state index in [0.29, 0.717) is 31.8 Å². The molecule has 0 unspecified atom stereocenters. The molecule has 35 heavy (non-hydrogen) atoms. The molecule has 4 rings (SSSR count). The molecule has 1 fully saturated rings. The monoisotopic (exact) mass is 519 g/mol. The second-order valence-corrected chi connectivity index (χ2v) is 8.24. The number of ether oxygens (including phenoxy) is 2. The van der Waals surface area contributed by atoms with Gasteiger partial charge in [-0.25, -0.2) is 0 Å². The fourth-order valence-corrected chi connectivity index (χ4v) is 4.02. The minimum Gasteiger partial charge on any atom is -0.497 e. The smallest absolute Gasteiger partial charge is 0.313 e. The number of nitrogens with zero attached hydrogens (tertiary/aromatic N) is 3. The average molecular weight is 520 g/mol. The van der Waals surface area contributed by atoms with Crippen LogP contribution in [0.1, 0.15) is 28.8 Å². The van der Waals surface area contributed by atoms with Gasteiger partial charge in [-0.1, -0.05) is 24.3 Å². The van der Waals surface area contributed by atoms with E-state index in [1.165, 1.54) is 0 Å². The molecule has 3 aromatic rings. The Morgan fingerprint density at radius 1 is 1.00 bits per heavy atom. The number of hydrogen-bond donors (Lipinski definition) is 0. The third kappa shape index (κ3) is 7.07. The van der Waals surface area contributed by atoms with E-state index in [9.17, 15) is 9.59 Å². The van der Waals surface area contributed by atoms with Gasteiger partial charge in [0.05, 0.1) is 18.6 Å². The summed E-state index contributed by atoms with van der Waals surface area (Å²) in [4.78, 5) is 33.2. The summed E-state index contributed by atoms with van der Waals surface area (Å²) in [6.07, 6.45) is 3.26. The molecule has 1 atom stereocenters. The van der Waals surface area contributed by atoms with Gasteiger partial charge in [-0.05, 0) is 47.5 Å². The molecule has 9 heteroatoms. The Kier molecular flexibility index (Phi) is 10.8. The lowest BCUT2D eigenvalue weighted by Crippen LogP contribution is -2.49. The Bertz CT molecular complexity index is 1120. The SMILES string of the molecule is COc1ccc2cc([C@H](C)C(=O)OCCN3CCN(C(=O)c4cccnc4)CC3)ccc2c1.Cl.Cl. The fourth-order valence-electron chi connectivity index (χ4n) is 4.02. The summed E-state index contributed by atoms with van der Waals surface area (Å²) in [6.45, 7) is 5.69. The zero-order valence-electron chi connectivity index (χ0n) is 19.9. The molecule has 1 amide bonds. The third-order valence-corrected chi connectivity index (χ3v) is 6.14. The molecule has 2 heterocycles. The maximum Gasteiger partial charge on any atom is 0.313 e. The van der Waals surface area contributed by atoms with Crippen molar-refractivity contribution >= 4 is 47.5 Å². The van der Waals surface area contributed by atoms with E-state index >= 15 is 0 Å². The van der Waals surface area contributed by atoms with E-state index in [-0.39, 0.29) is 42.6 Å². The molecular formula is C26H31Cl2N3O4. The number of hydrogen-bond acceptors (Lipinski definition) is 6. The second-order valence-electron chi connectivity index (χ2n) is 8.24. The van der Waals surface area contributed by atoms with Gasteiger partial charge in [0.25, 0.3) is 5.91 Å². The molecule has 0 bridgehead atoms. The first kappa shape index (κ1) is 28.4. The van der Waals surface area contributed by atoms with Crippen LogP contribution in [-0.4, -0.2) is 73.1 Å². The lowest BCUT2D eigenvalue weighted by Gasteiger charge is -2.34. The van der Waals surface area contributed by atoms with Crippen molar-refractivity contribution in [2.45, 2.75) is 12.8 Å². The molecule has 1 aromatic heterocycles. The molecule has 7 nitrogen and oxygen atoms in total. The molecule has 1 saturated heterocycles. The van der Waals surface area contributed by atoms with Gasteiger partial charge >= 0.3 is 5.97 Å². The van der Waals surface area contributed by atoms with Gasteiger partial charge in [0.2, 0.25) is 0 Å². The fraction of sp³-hybridized carbons (Fsp3) is 0.346. The highest BCUT2D eigenvalue weighted by Crippen LogP contribution is 2.25. The molecule has 0 N–H and O–H groups in total. The minimum atomic E-state index is -0.342. The van der Waals surface area contributed by atoms with Gasteiger partial charge in [0.15, 0.2) is 0 Å². The van der Waals surface area contributed by atoms with Crippen LogP contribution in [0.3, 0.4) is 0 Å². The highest BCUT2D eigenvalue weighted by atomic mass is 35.5. The summed E-state index contributed by atoms with van der Waals surface area (Å²) >= 11 is 0. The van der Waals surface area contributed by atoms with Crippen LogP contribution in [0, 0.1) is 0 Å². The Labute approximate surface area is 218 Å². The van der Waals surface area contributed by atoms with Crippen molar-refractivity contribution in [2.75, 3.05) is 46.4 Å². The van der Waals surface area contributed by atoms with E-state index in [1.54, 1.807) is 31.6 Å². The lowest BCUT2D eigenvalue weighted by atomic mass is 9.98. The number of benzene rings is 2. The lowest BCUT2D eigenvalue weighted by molar-refractivity contribution is -0.145. The maximum absolute atomic E-state index is 12.6. The van der Waals surface area contributed by atoms with Crippen LogP contribution in [0.4, 0.5) is 0 Å². The van der Waals surface area contributed by atoms with Crippen molar-refractivity contribution in [2.24, 2.45) is 0 Å². The van der Waals surface area contributed by atoms with Gasteiger partial charge in [-0.2, -0.15) is 0 Å². The number of halogens is 2. The van der Waals surface area contributed by atoms with Gasteiger partial charge < -0.3 is 14.4 Å². The van der Waals surface area contributed by atoms with Gasteiger partial charge in [0.1, 0.15) is 12.4 Å². The average Bonchev–Trinajstić information content (AvgIpc) is 2.88. The highest BCUT2D eigenvalue weighted by molar-refractivity contribution is 5.94. The number of piperazine rings is 1. The summed E-state index contributed by atoms with van der Waals surface area (Å²) in [6, 6.07) is 15.4. The maximum atomic E-state index is 12.6. The number of esters is 1. The molecule has 1 aliphatic heterocycles. The largest absolute Gasteiger partial charge is 0.497 e. The normalized spacial score (nSPS) is 14.4. The van der Waals surface area contributed by atoms with E-state index in [1.807, 2.05) is 48.2 Å². The van der Waals surface area contributed by atoms with Crippen molar-refractivity contribution in [3.8, 4) is 5.75 Å². The van der Waals surface area contributed by atoms with Crippen molar-refractivity contribution in [1.82, 2.24) is 14.8 Å². The second kappa shape index (κ2) is 13.3. The first-order valence-electron chi connectivity index (χ1n) is 11.2. The van der Waals surface area contributed by atoms with Gasteiger partial charge in [-0.3, -0.25) is 19.5 Å². The first-order valence-corrected chi connectivity index (χ1v) is 11.2. The van der Waals surface area contributed by atoms with Gasteiger partial charge in [0, 0.05) is 45.1 Å². The summed E-state index contributed by atoms with van der Waals surface area (Å²) in [5, 5.41) is 2.13. The van der Waals surface area contributed by atoms with Gasteiger partial charge in [-0.15, -0.1) is 24.8 Å². The minimum absolute atomic E-state index is 0. The number of fused-ring (bicyclic) bond motifs is 1. The molecule has 0 radical (unpaired) electrons. The number of methoxy groups -OCH3 is 1. The summed E-state index contributed by atoms with van der Waals surface area (Å²) < 4.78 is 10.8. The standard InChI is InChI=1S/C26H29N3O4.2ClH/c1-19(20-5-6-22-17-24(32-2)8-7-21(22)16-20)26(31)33-15-14-28-10-12-29(13-11-28)25(30)23-4-3-9-27-18-23;;/h3-9,16-19H,10-15H2,1-2H3;2*1H/t19-;;/m0../s1. The number of carbonyl (C=O) groups excluding carboxylic acids is 2. The zero-order valence-corrected chi connectivity index (χ0v) is 21.5. The number of carbonyl (C=O) groups is 2. The van der Waals surface area contributed by atoms with Crippen LogP contribution in [0.15, 0.2) is 60.9 Å². The zero-order chi connectivity index (χ0) is 23.2. The van der Waals surface area contributed by atoms with E-state index < -0.39 is 0 Å². The number of rotatable bonds is 7. The molecule has 188 valence electrons. The van der Waals surface area contributed by atoms with Crippen molar-refractivity contribution in [1.29, 1.82) is 0 Å². The summed E-state index contributed by atoms with van der Waals surface area (Å²) in [7, 11) is 1.65. The predicted molar refractivity (Wildman–Crippen MR) is 141 cm³/mol. The van der Waals surface area contributed by atoms with E-state index in [4.69, 9.17) is 9.47 Å². The van der Waals surface area contributed by atoms with Crippen LogP contribution in [0.5, 0.6) is 5.75 Å². The number of pyridine rings is 1. The summed E-state index contributed by atoms with van der Waals surface area (Å²) in [5.41, 5.74) is 1.54. The molecule has 0 aliphatic carbocycles. The topological polar surface area (TPSA) is 72.0 Å². The Morgan fingerprint density at radius 2 is 1.71 bits per heavy atom. The Hall–Kier alpha value is -2.87. The van der Waals surface area contributed by atoms with Crippen LogP contribution in [-0.2, 0) is 9.53 Å². The van der Waals surface area contributed by atoms with Crippen LogP contribution in [0.25, 0.3) is 10.8 Å². The third-order valence-electron chi connectivity index (χ3n) is 6.14. The predicted octanol–water partition coefficient (Wildman–Crippen LogP) is 4.19. The van der Waals surface area contributed by atoms with E-state index in [2.05, 4.69) is 9.88 Å². The molecule has 2 aromatic carbocycles. The summed E-state index contributed by atoms with van der Waals surface area (Å²) in [5.74, 6) is 0.250. The van der Waals surface area contributed by atoms with Crippen molar-refractivity contribution in [3.05, 3.63) is 72.1 Å². The number of aromatic nitrogens is 1. The molecule has 0 spiro atoms.